The van der Waals surface area contributed by atoms with Crippen molar-refractivity contribution in [2.75, 3.05) is 0 Å². The zero-order valence-corrected chi connectivity index (χ0v) is 7.51. The normalized spacial score (nSPS) is 12.0. The van der Waals surface area contributed by atoms with Crippen LogP contribution in [-0.4, -0.2) is 17.0 Å². The number of nitrogens with two attached hydrogens (primary N) is 1. The molecule has 0 fully saturated rings. The Morgan fingerprint density at radius 2 is 1.86 bits per heavy atom. The van der Waals surface area contributed by atoms with Crippen LogP contribution in [0.2, 0.25) is 0 Å². The van der Waals surface area contributed by atoms with Gasteiger partial charge in [0.1, 0.15) is 0 Å². The lowest BCUT2D eigenvalue weighted by atomic mass is 9.96. The van der Waals surface area contributed by atoms with E-state index in [9.17, 15) is 9.59 Å². The van der Waals surface area contributed by atoms with E-state index in [4.69, 9.17) is 10.8 Å². The molecule has 0 radical (unpaired) electrons. The molecule has 0 heterocycles. The number of carbonyl (C=O) groups is 2. The predicted octanol–water partition coefficient (Wildman–Crippen LogP) is 0.730. The van der Waals surface area contributed by atoms with Crippen LogP contribution in [0.25, 0.3) is 0 Å². The van der Waals surface area contributed by atoms with Crippen LogP contribution >= 0.6 is 0 Å². The fraction of sp³-hybridized carbons (Fsp3) is 0.200. The van der Waals surface area contributed by atoms with E-state index in [-0.39, 0.29) is 6.42 Å². The number of benzene rings is 1. The summed E-state index contributed by atoms with van der Waals surface area (Å²) in [5.74, 6) is -2.48. The van der Waals surface area contributed by atoms with Crippen molar-refractivity contribution in [2.24, 2.45) is 5.73 Å². The smallest absolute Gasteiger partial charge is 0.311 e. The maximum Gasteiger partial charge on any atom is 0.311 e. The molecule has 0 aliphatic heterocycles. The molecule has 1 aromatic rings. The summed E-state index contributed by atoms with van der Waals surface area (Å²) in [5.41, 5.74) is 5.56. The lowest BCUT2D eigenvalue weighted by Gasteiger charge is -2.09. The van der Waals surface area contributed by atoms with Crippen LogP contribution in [-0.2, 0) is 9.59 Å². The highest BCUT2D eigenvalue weighted by atomic mass is 16.4. The molecule has 0 aliphatic carbocycles. The Morgan fingerprint density at radius 1 is 1.29 bits per heavy atom. The summed E-state index contributed by atoms with van der Waals surface area (Å²) in [6.07, 6.45) is -0.167. The van der Waals surface area contributed by atoms with E-state index in [1.807, 2.05) is 0 Å². The van der Waals surface area contributed by atoms with Crippen molar-refractivity contribution in [3.8, 4) is 0 Å². The van der Waals surface area contributed by atoms with Gasteiger partial charge in [0.15, 0.2) is 0 Å². The summed E-state index contributed by atoms with van der Waals surface area (Å²) in [6, 6.07) is 8.58. The van der Waals surface area contributed by atoms with Gasteiger partial charge in [-0.3, -0.25) is 9.59 Å². The van der Waals surface area contributed by atoms with Crippen molar-refractivity contribution in [3.05, 3.63) is 35.9 Å². The fourth-order valence-corrected chi connectivity index (χ4v) is 1.23. The molecule has 0 unspecified atom stereocenters. The summed E-state index contributed by atoms with van der Waals surface area (Å²) in [4.78, 5) is 21.5. The first kappa shape index (κ1) is 10.2. The quantitative estimate of drug-likeness (QED) is 0.739. The summed E-state index contributed by atoms with van der Waals surface area (Å²) in [5, 5.41) is 8.87. The number of carboxylic acids is 1. The van der Waals surface area contributed by atoms with Gasteiger partial charge in [-0.2, -0.15) is 0 Å². The molecule has 0 aromatic heterocycles. The highest BCUT2D eigenvalue weighted by Gasteiger charge is 2.21. The fourth-order valence-electron chi connectivity index (χ4n) is 1.23. The Kier molecular flexibility index (Phi) is 3.23. The van der Waals surface area contributed by atoms with Gasteiger partial charge in [-0.1, -0.05) is 30.3 Å². The molecule has 0 spiro atoms. The van der Waals surface area contributed by atoms with E-state index >= 15 is 0 Å². The van der Waals surface area contributed by atoms with Gasteiger partial charge in [-0.25, -0.2) is 0 Å². The molecule has 14 heavy (non-hydrogen) atoms. The minimum atomic E-state index is -1.03. The first-order chi connectivity index (χ1) is 6.61. The molecule has 4 heteroatoms. The Morgan fingerprint density at radius 3 is 2.29 bits per heavy atom. The second kappa shape index (κ2) is 4.41. The van der Waals surface area contributed by atoms with Gasteiger partial charge < -0.3 is 10.8 Å². The third kappa shape index (κ3) is 2.58. The first-order valence-electron chi connectivity index (χ1n) is 4.17. The second-order valence-electron chi connectivity index (χ2n) is 2.97. The minimum absolute atomic E-state index is 0.167. The number of amides is 1. The molecular weight excluding hydrogens is 182 g/mol. The Balaban J connectivity index is 2.89. The van der Waals surface area contributed by atoms with Crippen LogP contribution in [0.3, 0.4) is 0 Å². The molecule has 0 bridgehead atoms. The number of primary amides is 1. The highest BCUT2D eigenvalue weighted by molar-refractivity contribution is 5.84. The summed E-state index contributed by atoms with van der Waals surface area (Å²) < 4.78 is 0. The molecule has 1 amide bonds. The van der Waals surface area contributed by atoms with Crippen LogP contribution < -0.4 is 5.73 Å². The van der Waals surface area contributed by atoms with Crippen LogP contribution in [0.5, 0.6) is 0 Å². The third-order valence-electron chi connectivity index (χ3n) is 1.91. The molecular formula is C10H11NO3. The van der Waals surface area contributed by atoms with E-state index in [1.165, 1.54) is 0 Å². The topological polar surface area (TPSA) is 80.4 Å². The molecule has 4 nitrogen and oxygen atoms in total. The molecule has 0 aliphatic rings. The van der Waals surface area contributed by atoms with Crippen LogP contribution in [0.15, 0.2) is 30.3 Å². The standard InChI is InChI=1S/C10H11NO3/c11-9(12)6-8(10(13)14)7-4-2-1-3-5-7/h1-5,8H,6H2,(H2,11,12)(H,13,14)/t8-/m1/s1. The summed E-state index contributed by atoms with van der Waals surface area (Å²) in [7, 11) is 0. The van der Waals surface area contributed by atoms with E-state index < -0.39 is 17.8 Å². The van der Waals surface area contributed by atoms with Gasteiger partial charge in [-0.05, 0) is 5.56 Å². The Hall–Kier alpha value is -1.84. The molecule has 1 rings (SSSR count). The predicted molar refractivity (Wildman–Crippen MR) is 50.6 cm³/mol. The minimum Gasteiger partial charge on any atom is -0.481 e. The second-order valence-corrected chi connectivity index (χ2v) is 2.97. The van der Waals surface area contributed by atoms with E-state index in [2.05, 4.69) is 0 Å². The summed E-state index contributed by atoms with van der Waals surface area (Å²) in [6.45, 7) is 0. The van der Waals surface area contributed by atoms with Gasteiger partial charge in [0, 0.05) is 6.42 Å². The molecule has 74 valence electrons. The van der Waals surface area contributed by atoms with Crippen molar-refractivity contribution in [3.63, 3.8) is 0 Å². The monoisotopic (exact) mass is 193 g/mol. The molecule has 3 N–H and O–H groups in total. The molecule has 0 saturated carbocycles. The number of carbonyl (C=O) groups excluding carboxylic acids is 1. The van der Waals surface area contributed by atoms with E-state index in [1.54, 1.807) is 30.3 Å². The average molecular weight is 193 g/mol. The van der Waals surface area contributed by atoms with Crippen LogP contribution in [0.4, 0.5) is 0 Å². The molecule has 0 saturated heterocycles. The van der Waals surface area contributed by atoms with E-state index in [0.717, 1.165) is 0 Å². The zero-order valence-electron chi connectivity index (χ0n) is 7.51. The zero-order chi connectivity index (χ0) is 10.6. The number of aliphatic carboxylic acids is 1. The molecule has 1 atom stereocenters. The number of rotatable bonds is 4. The van der Waals surface area contributed by atoms with Gasteiger partial charge in [0.05, 0.1) is 5.92 Å². The van der Waals surface area contributed by atoms with Crippen molar-refractivity contribution >= 4 is 11.9 Å². The highest BCUT2D eigenvalue weighted by Crippen LogP contribution is 2.18. The average Bonchev–Trinajstić information content (AvgIpc) is 2.15. The van der Waals surface area contributed by atoms with Gasteiger partial charge in [0.2, 0.25) is 5.91 Å². The van der Waals surface area contributed by atoms with Crippen LogP contribution in [0, 0.1) is 0 Å². The summed E-state index contributed by atoms with van der Waals surface area (Å²) >= 11 is 0. The van der Waals surface area contributed by atoms with E-state index in [0.29, 0.717) is 5.56 Å². The Bertz CT molecular complexity index is 334. The van der Waals surface area contributed by atoms with Crippen molar-refractivity contribution < 1.29 is 14.7 Å². The number of hydrogen-bond acceptors (Lipinski definition) is 2. The van der Waals surface area contributed by atoms with Crippen molar-refractivity contribution in [2.45, 2.75) is 12.3 Å². The Labute approximate surface area is 81.3 Å². The maximum absolute atomic E-state index is 10.8. The largest absolute Gasteiger partial charge is 0.481 e. The van der Waals surface area contributed by atoms with Crippen molar-refractivity contribution in [1.29, 1.82) is 0 Å². The van der Waals surface area contributed by atoms with Gasteiger partial charge >= 0.3 is 5.97 Å². The number of hydrogen-bond donors (Lipinski definition) is 2. The third-order valence-corrected chi connectivity index (χ3v) is 1.91. The molecule has 1 aromatic carbocycles. The van der Waals surface area contributed by atoms with Crippen LogP contribution in [0.1, 0.15) is 17.9 Å². The SMILES string of the molecule is NC(=O)C[C@@H](C(=O)O)c1ccccc1. The number of carboxylic acid groups (broad SMARTS) is 1. The first-order valence-corrected chi connectivity index (χ1v) is 4.17. The lowest BCUT2D eigenvalue weighted by molar-refractivity contribution is -0.140. The lowest BCUT2D eigenvalue weighted by Crippen LogP contribution is -2.20. The maximum atomic E-state index is 10.8. The van der Waals surface area contributed by atoms with Crippen molar-refractivity contribution in [1.82, 2.24) is 0 Å². The van der Waals surface area contributed by atoms with Gasteiger partial charge in [0.25, 0.3) is 0 Å². The van der Waals surface area contributed by atoms with Gasteiger partial charge in [-0.15, -0.1) is 0 Å².